The van der Waals surface area contributed by atoms with Gasteiger partial charge < -0.3 is 0 Å². The molecular weight excluding hydrogens is 286 g/mol. The zero-order valence-electron chi connectivity index (χ0n) is 10.9. The first-order chi connectivity index (χ1) is 10.3. The van der Waals surface area contributed by atoms with Crippen molar-refractivity contribution in [1.82, 2.24) is 20.0 Å². The number of hydrogen-bond donors (Lipinski definition) is 0. The minimum absolute atomic E-state index is 0.289. The van der Waals surface area contributed by atoms with Gasteiger partial charge in [-0.2, -0.15) is 5.26 Å². The summed E-state index contributed by atoms with van der Waals surface area (Å²) in [7, 11) is 0. The average molecular weight is 296 g/mol. The van der Waals surface area contributed by atoms with Crippen molar-refractivity contribution in [2.45, 2.75) is 6.54 Å². The first kappa shape index (κ1) is 13.3. The number of nitriles is 1. The Morgan fingerprint density at radius 3 is 2.67 bits per heavy atom. The Kier molecular flexibility index (Phi) is 3.63. The lowest BCUT2D eigenvalue weighted by molar-refractivity contribution is 0.655. The maximum absolute atomic E-state index is 9.19. The highest BCUT2D eigenvalue weighted by Crippen LogP contribution is 2.22. The van der Waals surface area contributed by atoms with Gasteiger partial charge in [-0.25, -0.2) is 4.68 Å². The summed E-state index contributed by atoms with van der Waals surface area (Å²) in [4.78, 5) is 4.08. The van der Waals surface area contributed by atoms with E-state index in [4.69, 9.17) is 11.6 Å². The van der Waals surface area contributed by atoms with Gasteiger partial charge >= 0.3 is 0 Å². The van der Waals surface area contributed by atoms with Crippen molar-refractivity contribution in [3.05, 3.63) is 65.1 Å². The molecule has 1 aromatic carbocycles. The fraction of sp³-hybridized carbons (Fsp3) is 0.0667. The molecule has 3 rings (SSSR count). The number of nitrogens with zero attached hydrogens (tertiary/aromatic N) is 5. The van der Waals surface area contributed by atoms with Gasteiger partial charge in [0, 0.05) is 23.0 Å². The van der Waals surface area contributed by atoms with E-state index in [0.717, 1.165) is 11.1 Å². The van der Waals surface area contributed by atoms with Crippen molar-refractivity contribution in [2.75, 3.05) is 0 Å². The third-order valence-corrected chi connectivity index (χ3v) is 3.27. The number of rotatable bonds is 3. The van der Waals surface area contributed by atoms with Crippen LogP contribution in [0.3, 0.4) is 0 Å². The molecule has 21 heavy (non-hydrogen) atoms. The molecule has 2 heterocycles. The Morgan fingerprint density at radius 1 is 1.19 bits per heavy atom. The van der Waals surface area contributed by atoms with Gasteiger partial charge in [0.1, 0.15) is 11.8 Å². The van der Waals surface area contributed by atoms with Crippen molar-refractivity contribution < 1.29 is 0 Å². The Hall–Kier alpha value is -2.71. The van der Waals surface area contributed by atoms with Crippen LogP contribution in [-0.4, -0.2) is 20.0 Å². The van der Waals surface area contributed by atoms with Gasteiger partial charge in [0.15, 0.2) is 5.69 Å². The van der Waals surface area contributed by atoms with Crippen LogP contribution < -0.4 is 0 Å². The quantitative estimate of drug-likeness (QED) is 0.745. The minimum Gasteiger partial charge on any atom is -0.264 e. The molecule has 0 aliphatic carbocycles. The third-order valence-electron chi connectivity index (χ3n) is 3.02. The van der Waals surface area contributed by atoms with Crippen LogP contribution in [-0.2, 0) is 6.54 Å². The molecule has 0 bridgehead atoms. The Labute approximate surface area is 126 Å². The van der Waals surface area contributed by atoms with Crippen LogP contribution in [0.15, 0.2) is 48.8 Å². The van der Waals surface area contributed by atoms with E-state index in [1.54, 1.807) is 17.1 Å². The molecule has 6 heteroatoms. The summed E-state index contributed by atoms with van der Waals surface area (Å²) in [6.45, 7) is 0.510. The molecule has 0 radical (unpaired) electrons. The zero-order chi connectivity index (χ0) is 14.7. The standard InChI is InChI=1S/C15H10ClN5/c16-13-5-3-11(4-6-13)10-21-15(14(8-17)19-20-21)12-2-1-7-18-9-12/h1-7,9H,10H2. The van der Waals surface area contributed by atoms with Gasteiger partial charge in [-0.3, -0.25) is 4.98 Å². The van der Waals surface area contributed by atoms with Crippen LogP contribution in [0.5, 0.6) is 0 Å². The summed E-state index contributed by atoms with van der Waals surface area (Å²) in [5, 5.41) is 17.9. The summed E-state index contributed by atoms with van der Waals surface area (Å²) in [5.41, 5.74) is 2.80. The van der Waals surface area contributed by atoms with Crippen molar-refractivity contribution in [1.29, 1.82) is 5.26 Å². The second-order valence-corrected chi connectivity index (χ2v) is 4.86. The minimum atomic E-state index is 0.289. The van der Waals surface area contributed by atoms with Gasteiger partial charge in [0.2, 0.25) is 0 Å². The van der Waals surface area contributed by atoms with E-state index >= 15 is 0 Å². The normalized spacial score (nSPS) is 10.3. The number of hydrogen-bond acceptors (Lipinski definition) is 4. The van der Waals surface area contributed by atoms with Crippen LogP contribution in [0.1, 0.15) is 11.3 Å². The Bertz CT molecular complexity index is 787. The van der Waals surface area contributed by atoms with Crippen molar-refractivity contribution >= 4 is 11.6 Å². The SMILES string of the molecule is N#Cc1nnn(Cc2ccc(Cl)cc2)c1-c1cccnc1. The average Bonchev–Trinajstić information content (AvgIpc) is 2.93. The van der Waals surface area contributed by atoms with E-state index in [0.29, 0.717) is 17.3 Å². The van der Waals surface area contributed by atoms with Gasteiger partial charge in [-0.1, -0.05) is 28.9 Å². The molecule has 2 aromatic heterocycles. The van der Waals surface area contributed by atoms with E-state index in [2.05, 4.69) is 21.4 Å². The molecule has 0 aliphatic rings. The van der Waals surface area contributed by atoms with Crippen LogP contribution in [0, 0.1) is 11.3 Å². The summed E-state index contributed by atoms with van der Waals surface area (Å²) in [6, 6.07) is 13.2. The topological polar surface area (TPSA) is 67.4 Å². The van der Waals surface area contributed by atoms with E-state index in [9.17, 15) is 5.26 Å². The Morgan fingerprint density at radius 2 is 2.00 bits per heavy atom. The van der Waals surface area contributed by atoms with E-state index in [1.807, 2.05) is 36.4 Å². The molecule has 0 saturated heterocycles. The predicted octanol–water partition coefficient (Wildman–Crippen LogP) is 2.91. The highest BCUT2D eigenvalue weighted by Gasteiger charge is 2.15. The highest BCUT2D eigenvalue weighted by molar-refractivity contribution is 6.30. The van der Waals surface area contributed by atoms with Gasteiger partial charge in [-0.15, -0.1) is 5.10 Å². The third kappa shape index (κ3) is 2.76. The lowest BCUT2D eigenvalue weighted by atomic mass is 10.1. The molecule has 0 atom stereocenters. The van der Waals surface area contributed by atoms with E-state index in [1.165, 1.54) is 0 Å². The van der Waals surface area contributed by atoms with Crippen LogP contribution in [0.25, 0.3) is 11.3 Å². The monoisotopic (exact) mass is 295 g/mol. The highest BCUT2D eigenvalue weighted by atomic mass is 35.5. The summed E-state index contributed by atoms with van der Waals surface area (Å²) >= 11 is 5.88. The fourth-order valence-corrected chi connectivity index (χ4v) is 2.18. The van der Waals surface area contributed by atoms with Gasteiger partial charge in [0.25, 0.3) is 0 Å². The maximum Gasteiger partial charge on any atom is 0.190 e. The smallest absolute Gasteiger partial charge is 0.190 e. The van der Waals surface area contributed by atoms with Gasteiger partial charge in [-0.05, 0) is 29.8 Å². The molecule has 0 aliphatic heterocycles. The predicted molar refractivity (Wildman–Crippen MR) is 78.5 cm³/mol. The molecule has 0 N–H and O–H groups in total. The van der Waals surface area contributed by atoms with Crippen LogP contribution in [0.4, 0.5) is 0 Å². The second kappa shape index (κ2) is 5.73. The molecule has 0 amide bonds. The lowest BCUT2D eigenvalue weighted by Crippen LogP contribution is -2.04. The lowest BCUT2D eigenvalue weighted by Gasteiger charge is -2.06. The maximum atomic E-state index is 9.19. The van der Waals surface area contributed by atoms with E-state index in [-0.39, 0.29) is 5.69 Å². The van der Waals surface area contributed by atoms with E-state index < -0.39 is 0 Å². The first-order valence-electron chi connectivity index (χ1n) is 6.26. The second-order valence-electron chi connectivity index (χ2n) is 4.42. The first-order valence-corrected chi connectivity index (χ1v) is 6.64. The van der Waals surface area contributed by atoms with Crippen LogP contribution >= 0.6 is 11.6 Å². The number of halogens is 1. The zero-order valence-corrected chi connectivity index (χ0v) is 11.7. The fourth-order valence-electron chi connectivity index (χ4n) is 2.05. The molecule has 5 nitrogen and oxygen atoms in total. The largest absolute Gasteiger partial charge is 0.264 e. The number of aromatic nitrogens is 4. The van der Waals surface area contributed by atoms with Crippen molar-refractivity contribution in [3.63, 3.8) is 0 Å². The molecule has 0 saturated carbocycles. The molecule has 0 unspecified atom stereocenters. The molecular formula is C15H10ClN5. The van der Waals surface area contributed by atoms with Crippen molar-refractivity contribution in [3.8, 4) is 17.3 Å². The molecule has 0 spiro atoms. The van der Waals surface area contributed by atoms with Gasteiger partial charge in [0.05, 0.1) is 6.54 Å². The summed E-state index contributed by atoms with van der Waals surface area (Å²) < 4.78 is 1.69. The number of benzene rings is 1. The summed E-state index contributed by atoms with van der Waals surface area (Å²) in [5.74, 6) is 0. The summed E-state index contributed by atoms with van der Waals surface area (Å²) in [6.07, 6.45) is 3.38. The number of pyridine rings is 1. The van der Waals surface area contributed by atoms with Crippen LogP contribution in [0.2, 0.25) is 5.02 Å². The van der Waals surface area contributed by atoms with Crippen molar-refractivity contribution in [2.24, 2.45) is 0 Å². The molecule has 0 fully saturated rings. The Balaban J connectivity index is 2.02. The molecule has 102 valence electrons. The molecule has 3 aromatic rings.